The number of hydrogen-bond donors (Lipinski definition) is 0. The third-order valence-electron chi connectivity index (χ3n) is 8.54. The van der Waals surface area contributed by atoms with Crippen molar-refractivity contribution < 1.29 is 54.8 Å². The highest BCUT2D eigenvalue weighted by Crippen LogP contribution is 2.57. The largest absolute Gasteiger partial charge is 0.310 e. The highest BCUT2D eigenvalue weighted by Gasteiger charge is 2.37. The van der Waals surface area contributed by atoms with Gasteiger partial charge in [-0.1, -0.05) is 160 Å². The second-order valence-corrected chi connectivity index (χ2v) is 11.4. The maximum Gasteiger partial charge on any atom is 0.0648 e. The van der Waals surface area contributed by atoms with E-state index in [0.717, 1.165) is 0 Å². The molecule has 0 fully saturated rings. The normalized spacial score (nSPS) is 27.8. The predicted molar refractivity (Wildman–Crippen MR) is 224 cm³/mol. The van der Waals surface area contributed by atoms with Gasteiger partial charge in [0.2, 0.25) is 0 Å². The van der Waals surface area contributed by atoms with Gasteiger partial charge in [-0.2, -0.15) is 0 Å². The second-order valence-electron chi connectivity index (χ2n) is 11.4. The third-order valence-corrected chi connectivity index (χ3v) is 8.54. The van der Waals surface area contributed by atoms with Crippen molar-refractivity contribution in [3.05, 3.63) is 204 Å². The minimum atomic E-state index is -4.35. The average Bonchev–Trinajstić information content (AvgIpc) is 1.66. The molecule has 1 aliphatic heterocycles. The van der Waals surface area contributed by atoms with Gasteiger partial charge in [-0.05, 0) is 81.1 Å². The quantitative estimate of drug-likeness (QED) is 0.175. The zero-order chi connectivity index (χ0) is 70.2. The van der Waals surface area contributed by atoms with E-state index in [1.54, 1.807) is 0 Å². The lowest BCUT2D eigenvalue weighted by Gasteiger charge is -2.41. The summed E-state index contributed by atoms with van der Waals surface area (Å²) in [4.78, 5) is 0.201. The van der Waals surface area contributed by atoms with E-state index in [1.807, 2.05) is 0 Å². The lowest BCUT2D eigenvalue weighted by Crippen LogP contribution is -2.24. The van der Waals surface area contributed by atoms with Gasteiger partial charge in [0.05, 0.1) is 58.2 Å². The summed E-state index contributed by atoms with van der Waals surface area (Å²) in [7, 11) is 0. The highest BCUT2D eigenvalue weighted by molar-refractivity contribution is 6.08. The third kappa shape index (κ3) is 4.79. The molecule has 0 saturated heterocycles. The molecular weight excluding hydrogens is 641 g/mol. The van der Waals surface area contributed by atoms with E-state index >= 15 is 0 Å². The van der Waals surface area contributed by atoms with Gasteiger partial charge in [-0.25, -0.2) is 0 Å². The zero-order valence-electron chi connectivity index (χ0n) is 66.4. The van der Waals surface area contributed by atoms with Crippen molar-refractivity contribution >= 4 is 44.9 Å². The van der Waals surface area contributed by atoms with Crippen LogP contribution < -0.4 is 9.80 Å². The van der Waals surface area contributed by atoms with E-state index in [2.05, 4.69) is 0 Å². The first-order valence-electron chi connectivity index (χ1n) is 35.3. The van der Waals surface area contributed by atoms with Crippen LogP contribution >= 0.6 is 0 Å². The molecule has 1 aliphatic carbocycles. The first-order valence-corrected chi connectivity index (χ1v) is 15.3. The molecule has 10 rings (SSSR count). The molecule has 2 aliphatic rings. The molecule has 0 aromatic heterocycles. The van der Waals surface area contributed by atoms with E-state index in [9.17, 15) is 26.0 Å². The summed E-state index contributed by atoms with van der Waals surface area (Å²) < 4.78 is 371. The van der Waals surface area contributed by atoms with Gasteiger partial charge in [0.15, 0.2) is 0 Å². The molecule has 1 atom stereocenters. The summed E-state index contributed by atoms with van der Waals surface area (Å²) in [6, 6.07) is -41.2. The van der Waals surface area contributed by atoms with Crippen molar-refractivity contribution in [3.8, 4) is 22.3 Å². The SMILES string of the molecule is [2H]c1c([2H])c([2H])c(-c2c([2H])c([2H])c3c([2H])c([2H])c([2H])c([2H])c3c2N2c3c([2H])c([2H])c([2H])c([2H])c3C([2H])(C([2H])([2H])[2H])c3c(N(c4c([2H])c([2H])c([2H])c([2H])c4[2H])c4c([2H])c([2H])c5c(c4[2H])C(C([2H])([2H])[2H])(C([2H])([2H])[2H])c4c([2H])c([2H])c([2H])c([2H])c4-5)c([2H])c([2H])c([2H])c32)c([2H])c1[2H]. The van der Waals surface area contributed by atoms with Crippen LogP contribution in [0.3, 0.4) is 0 Å². The van der Waals surface area contributed by atoms with Crippen molar-refractivity contribution in [2.45, 2.75) is 31.9 Å². The fraction of sp³-hybridized carbons (Fsp3) is 0.0980. The molecular formula is C51H40N2. The molecule has 2 heteroatoms. The van der Waals surface area contributed by atoms with Crippen LogP contribution in [0.25, 0.3) is 33.0 Å². The number of nitrogens with zero attached hydrogens (tertiary/aromatic N) is 2. The molecule has 53 heavy (non-hydrogen) atoms. The van der Waals surface area contributed by atoms with Crippen LogP contribution in [0.5, 0.6) is 0 Å². The minimum absolute atomic E-state index is 0.0446. The van der Waals surface area contributed by atoms with E-state index in [-0.39, 0.29) is 9.80 Å². The van der Waals surface area contributed by atoms with Crippen LogP contribution in [-0.4, -0.2) is 0 Å². The number of benzene rings is 8. The van der Waals surface area contributed by atoms with E-state index < -0.39 is 303 Å². The van der Waals surface area contributed by atoms with Crippen molar-refractivity contribution in [2.24, 2.45) is 0 Å². The molecule has 1 heterocycles. The fourth-order valence-corrected chi connectivity index (χ4v) is 6.32. The fourth-order valence-electron chi connectivity index (χ4n) is 6.32. The van der Waals surface area contributed by atoms with Crippen molar-refractivity contribution in [1.29, 1.82) is 0 Å². The van der Waals surface area contributed by atoms with Gasteiger partial charge in [0, 0.05) is 58.6 Å². The van der Waals surface area contributed by atoms with Crippen molar-refractivity contribution in [3.63, 3.8) is 0 Å². The highest BCUT2D eigenvalue weighted by atomic mass is 15.2. The first-order chi connectivity index (χ1) is 42.6. The predicted octanol–water partition coefficient (Wildman–Crippen LogP) is 14.2. The zero-order valence-corrected chi connectivity index (χ0v) is 26.4. The monoisotopic (exact) mass is 721 g/mol. The molecule has 2 nitrogen and oxygen atoms in total. The van der Waals surface area contributed by atoms with Crippen LogP contribution in [0.15, 0.2) is 181 Å². The summed E-state index contributed by atoms with van der Waals surface area (Å²) in [5.74, 6) is -4.24. The van der Waals surface area contributed by atoms with Crippen LogP contribution in [0.1, 0.15) is 104 Å². The smallest absolute Gasteiger partial charge is 0.0648 e. The Morgan fingerprint density at radius 1 is 0.585 bits per heavy atom. The van der Waals surface area contributed by atoms with E-state index in [4.69, 9.17) is 28.8 Å². The summed E-state index contributed by atoms with van der Waals surface area (Å²) in [6.07, 6.45) is 0. The van der Waals surface area contributed by atoms with E-state index in [1.165, 1.54) is 0 Å². The Morgan fingerprint density at radius 3 is 2.13 bits per heavy atom. The Kier molecular flexibility index (Phi) is 2.42. The van der Waals surface area contributed by atoms with Crippen LogP contribution in [0.2, 0.25) is 0 Å². The maximum absolute atomic E-state index is 10.7. The molecule has 0 N–H and O–H groups in total. The Morgan fingerprint density at radius 2 is 1.28 bits per heavy atom. The van der Waals surface area contributed by atoms with Crippen molar-refractivity contribution in [2.75, 3.05) is 9.80 Å². The Hall–Kier alpha value is -6.38. The molecule has 0 radical (unpaired) electrons. The van der Waals surface area contributed by atoms with Gasteiger partial charge in [0.25, 0.3) is 0 Å². The summed E-state index contributed by atoms with van der Waals surface area (Å²) in [5, 5.41) is -2.15. The summed E-state index contributed by atoms with van der Waals surface area (Å²) >= 11 is 0. The Labute approximate surface area is 368 Å². The summed E-state index contributed by atoms with van der Waals surface area (Å²) in [6.45, 7) is -12.7. The average molecular weight is 721 g/mol. The lowest BCUT2D eigenvalue weighted by atomic mass is 9.82. The van der Waals surface area contributed by atoms with Gasteiger partial charge in [-0.3, -0.25) is 0 Å². The molecule has 8 aromatic carbocycles. The number of anilines is 6. The molecule has 0 amide bonds. The molecule has 1 unspecified atom stereocenters. The number of para-hydroxylation sites is 2. The number of hydrogen-bond acceptors (Lipinski definition) is 2. The molecule has 0 bridgehead atoms. The molecule has 8 aromatic rings. The van der Waals surface area contributed by atoms with Crippen LogP contribution in [0.4, 0.5) is 34.1 Å². The minimum Gasteiger partial charge on any atom is -0.310 e. The number of fused-ring (bicyclic) bond motifs is 6. The Bertz CT molecular complexity index is 4720. The van der Waals surface area contributed by atoms with Gasteiger partial charge in [0.1, 0.15) is 0 Å². The van der Waals surface area contributed by atoms with Gasteiger partial charge in [-0.15, -0.1) is 0 Å². The molecule has 0 saturated carbocycles. The molecule has 0 spiro atoms. The topological polar surface area (TPSA) is 6.48 Å². The first kappa shape index (κ1) is 10.6. The van der Waals surface area contributed by atoms with Gasteiger partial charge >= 0.3 is 0 Å². The van der Waals surface area contributed by atoms with Gasteiger partial charge < -0.3 is 9.80 Å². The second kappa shape index (κ2) is 12.1. The number of rotatable bonds is 5. The standard InChI is InChI=1S/C51H40N2/c1-34-39-22-13-15-26-46(39)53(50-40-23-11-10-19-36(40)29-31-41(50)35-17-6-4-7-18-35)48-28-16-27-47(49(34)48)52(37-20-8-5-9-21-37)38-30-32-43-42-24-12-14-25-44(42)51(2,3)45(43)33-38/h4-34H,1-3H3/i1D3,2D3,3D3,4D,5D,6D,7D,8D,9D,10D,11D,12D,13D,14D,15D,16D,17D,18D,19D,20D,21D,22D,23D,24D,25D,26D,27D,28D,29D,30D,31D,32D,33D,34D. The van der Waals surface area contributed by atoms with Crippen molar-refractivity contribution in [1.82, 2.24) is 0 Å². The van der Waals surface area contributed by atoms with Crippen LogP contribution in [-0.2, 0) is 5.41 Å². The van der Waals surface area contributed by atoms with E-state index in [0.29, 0.717) is 0 Å². The lowest BCUT2D eigenvalue weighted by molar-refractivity contribution is 0.660. The Balaban J connectivity index is 1.61. The maximum atomic E-state index is 10.7. The van der Waals surface area contributed by atoms with Crippen LogP contribution in [0, 0.1) is 0 Å². The summed E-state index contributed by atoms with van der Waals surface area (Å²) in [5.41, 5.74) is -23.8. The molecule has 254 valence electrons.